The van der Waals surface area contributed by atoms with E-state index in [0.29, 0.717) is 4.47 Å². The Morgan fingerprint density at radius 1 is 1.45 bits per heavy atom. The van der Waals surface area contributed by atoms with Crippen LogP contribution in [0.1, 0.15) is 32.3 Å². The fraction of sp³-hybridized carbons (Fsp3) is 0.429. The molecule has 1 saturated carbocycles. The van der Waals surface area contributed by atoms with E-state index in [-0.39, 0.29) is 17.5 Å². The number of carboxylic acids is 1. The highest BCUT2D eigenvalue weighted by Crippen LogP contribution is 2.40. The van der Waals surface area contributed by atoms with Crippen LogP contribution in [0.3, 0.4) is 0 Å². The lowest BCUT2D eigenvalue weighted by Gasteiger charge is -2.38. The minimum absolute atomic E-state index is 0.0125. The average Bonchev–Trinajstić information content (AvgIpc) is 3.15. The van der Waals surface area contributed by atoms with Crippen LogP contribution >= 0.6 is 15.9 Å². The van der Waals surface area contributed by atoms with E-state index in [1.807, 2.05) is 0 Å². The number of benzene rings is 1. The Balaban J connectivity index is 2.61. The van der Waals surface area contributed by atoms with Crippen molar-refractivity contribution in [3.05, 3.63) is 34.1 Å². The van der Waals surface area contributed by atoms with E-state index in [0.717, 1.165) is 12.8 Å². The van der Waals surface area contributed by atoms with Gasteiger partial charge in [-0.1, -0.05) is 15.9 Å². The van der Waals surface area contributed by atoms with Crippen LogP contribution in [0.2, 0.25) is 0 Å². The normalized spacial score (nSPS) is 17.4. The van der Waals surface area contributed by atoms with Gasteiger partial charge >= 0.3 is 5.97 Å². The molecule has 1 atom stereocenters. The number of aliphatic carboxylic acids is 1. The molecule has 4 nitrogen and oxygen atoms in total. The van der Waals surface area contributed by atoms with Crippen molar-refractivity contribution in [1.29, 1.82) is 0 Å². The first kappa shape index (κ1) is 15.0. The number of halogens is 2. The van der Waals surface area contributed by atoms with Gasteiger partial charge in [0.15, 0.2) is 5.54 Å². The van der Waals surface area contributed by atoms with Crippen molar-refractivity contribution >= 4 is 27.8 Å². The quantitative estimate of drug-likeness (QED) is 0.914. The second kappa shape index (κ2) is 5.16. The number of carbonyl (C=O) groups excluding carboxylic acids is 1. The smallest absolute Gasteiger partial charge is 0.334 e. The summed E-state index contributed by atoms with van der Waals surface area (Å²) in [5.41, 5.74) is -1.72. The first-order chi connectivity index (χ1) is 9.28. The number of hydrogen-bond donors (Lipinski definition) is 1. The lowest BCUT2D eigenvalue weighted by Crippen LogP contribution is -2.53. The monoisotopic (exact) mass is 343 g/mol. The highest BCUT2D eigenvalue weighted by Gasteiger charge is 2.50. The van der Waals surface area contributed by atoms with Crippen LogP contribution in [0, 0.1) is 5.82 Å². The molecule has 1 aliphatic rings. The van der Waals surface area contributed by atoms with E-state index in [4.69, 9.17) is 0 Å². The van der Waals surface area contributed by atoms with Crippen LogP contribution in [-0.4, -0.2) is 27.9 Å². The molecule has 1 aromatic carbocycles. The van der Waals surface area contributed by atoms with Gasteiger partial charge in [-0.25, -0.2) is 9.18 Å². The number of hydrogen-bond acceptors (Lipinski definition) is 2. The van der Waals surface area contributed by atoms with Crippen molar-refractivity contribution in [3.63, 3.8) is 0 Å². The lowest BCUT2D eigenvalue weighted by molar-refractivity contribution is -0.159. The second-order valence-corrected chi connectivity index (χ2v) is 6.04. The maximum absolute atomic E-state index is 14.1. The molecule has 20 heavy (non-hydrogen) atoms. The maximum atomic E-state index is 14.1. The van der Waals surface area contributed by atoms with Crippen LogP contribution in [0.25, 0.3) is 0 Å². The summed E-state index contributed by atoms with van der Waals surface area (Å²) in [4.78, 5) is 24.9. The lowest BCUT2D eigenvalue weighted by atomic mass is 9.89. The van der Waals surface area contributed by atoms with E-state index >= 15 is 0 Å². The van der Waals surface area contributed by atoms with Crippen LogP contribution in [0.4, 0.5) is 4.39 Å². The van der Waals surface area contributed by atoms with Gasteiger partial charge in [-0.05, 0) is 38.0 Å². The van der Waals surface area contributed by atoms with Gasteiger partial charge in [0.2, 0.25) is 5.91 Å². The minimum Gasteiger partial charge on any atom is -0.479 e. The first-order valence-corrected chi connectivity index (χ1v) is 7.06. The third-order valence-electron chi connectivity index (χ3n) is 3.60. The van der Waals surface area contributed by atoms with Gasteiger partial charge in [-0.3, -0.25) is 4.79 Å². The van der Waals surface area contributed by atoms with Gasteiger partial charge in [0.05, 0.1) is 0 Å². The number of carboxylic acid groups (broad SMARTS) is 1. The molecular formula is C14H15BrFNO3. The molecule has 6 heteroatoms. The minimum atomic E-state index is -1.71. The summed E-state index contributed by atoms with van der Waals surface area (Å²) in [6.45, 7) is 2.69. The van der Waals surface area contributed by atoms with Gasteiger partial charge in [0.1, 0.15) is 5.82 Å². The van der Waals surface area contributed by atoms with Crippen molar-refractivity contribution in [2.45, 2.75) is 38.3 Å². The van der Waals surface area contributed by atoms with Gasteiger partial charge in [-0.15, -0.1) is 0 Å². The molecule has 0 spiro atoms. The van der Waals surface area contributed by atoms with Crippen molar-refractivity contribution in [2.75, 3.05) is 0 Å². The van der Waals surface area contributed by atoms with E-state index in [1.54, 1.807) is 0 Å². The fourth-order valence-electron chi connectivity index (χ4n) is 2.49. The molecule has 2 rings (SSSR count). The Bertz CT molecular complexity index is 574. The molecule has 0 bridgehead atoms. The Hall–Kier alpha value is -1.43. The van der Waals surface area contributed by atoms with Crippen molar-refractivity contribution in [2.24, 2.45) is 0 Å². The fourth-order valence-corrected chi connectivity index (χ4v) is 2.85. The first-order valence-electron chi connectivity index (χ1n) is 6.27. The average molecular weight is 344 g/mol. The van der Waals surface area contributed by atoms with Gasteiger partial charge in [0.25, 0.3) is 0 Å². The topological polar surface area (TPSA) is 57.6 Å². The number of rotatable bonds is 4. The van der Waals surface area contributed by atoms with Gasteiger partial charge in [0, 0.05) is 23.0 Å². The third-order valence-corrected chi connectivity index (χ3v) is 4.10. The number of amides is 1. The predicted octanol–water partition coefficient (Wildman–Crippen LogP) is 2.90. The molecule has 1 amide bonds. The Morgan fingerprint density at radius 3 is 2.50 bits per heavy atom. The largest absolute Gasteiger partial charge is 0.479 e. The van der Waals surface area contributed by atoms with E-state index in [2.05, 4.69) is 15.9 Å². The standard InChI is InChI=1S/C14H15BrFNO3/c1-8(18)17(10-4-5-10)14(2,13(19)20)11-7-9(15)3-6-12(11)16/h3,6-7,10H,4-5H2,1-2H3,(H,19,20). The summed E-state index contributed by atoms with van der Waals surface area (Å²) in [5, 5.41) is 9.62. The highest BCUT2D eigenvalue weighted by atomic mass is 79.9. The summed E-state index contributed by atoms with van der Waals surface area (Å²) < 4.78 is 14.7. The maximum Gasteiger partial charge on any atom is 0.334 e. The highest BCUT2D eigenvalue weighted by molar-refractivity contribution is 9.10. The molecule has 0 aromatic heterocycles. The molecule has 1 aliphatic carbocycles. The van der Waals surface area contributed by atoms with Crippen LogP contribution in [-0.2, 0) is 15.1 Å². The van der Waals surface area contributed by atoms with Crippen LogP contribution < -0.4 is 0 Å². The number of nitrogens with zero attached hydrogens (tertiary/aromatic N) is 1. The van der Waals surface area contributed by atoms with Crippen LogP contribution in [0.5, 0.6) is 0 Å². The predicted molar refractivity (Wildman–Crippen MR) is 74.6 cm³/mol. The SMILES string of the molecule is CC(=O)N(C1CC1)C(C)(C(=O)O)c1cc(Br)ccc1F. The molecule has 1 N–H and O–H groups in total. The molecule has 108 valence electrons. The zero-order valence-electron chi connectivity index (χ0n) is 11.2. The summed E-state index contributed by atoms with van der Waals surface area (Å²) in [5.74, 6) is -2.24. The molecule has 0 heterocycles. The Morgan fingerprint density at radius 2 is 2.05 bits per heavy atom. The van der Waals surface area contributed by atoms with Crippen LogP contribution in [0.15, 0.2) is 22.7 Å². The molecule has 0 aliphatic heterocycles. The zero-order valence-corrected chi connectivity index (χ0v) is 12.8. The third kappa shape index (κ3) is 2.44. The van der Waals surface area contributed by atoms with Crippen molar-refractivity contribution in [3.8, 4) is 0 Å². The molecule has 1 fully saturated rings. The Labute approximate surface area is 124 Å². The Kier molecular flexibility index (Phi) is 3.86. The zero-order chi connectivity index (χ0) is 15.1. The number of carbonyl (C=O) groups is 2. The van der Waals surface area contributed by atoms with Crippen molar-refractivity contribution in [1.82, 2.24) is 4.90 Å². The molecule has 0 saturated heterocycles. The molecule has 1 unspecified atom stereocenters. The molecular weight excluding hydrogens is 329 g/mol. The van der Waals surface area contributed by atoms with Gasteiger partial charge < -0.3 is 10.0 Å². The molecule has 1 aromatic rings. The van der Waals surface area contributed by atoms with E-state index < -0.39 is 17.3 Å². The summed E-state index contributed by atoms with van der Waals surface area (Å²) in [6.07, 6.45) is 1.50. The summed E-state index contributed by atoms with van der Waals surface area (Å²) in [7, 11) is 0. The summed E-state index contributed by atoms with van der Waals surface area (Å²) in [6, 6.07) is 3.98. The van der Waals surface area contributed by atoms with Gasteiger partial charge in [-0.2, -0.15) is 0 Å². The van der Waals surface area contributed by atoms with E-state index in [1.165, 1.54) is 36.9 Å². The van der Waals surface area contributed by atoms with Crippen molar-refractivity contribution < 1.29 is 19.1 Å². The second-order valence-electron chi connectivity index (χ2n) is 5.12. The molecule has 0 radical (unpaired) electrons. The summed E-state index contributed by atoms with van der Waals surface area (Å²) >= 11 is 3.21. The van der Waals surface area contributed by atoms with E-state index in [9.17, 15) is 19.1 Å².